The first-order chi connectivity index (χ1) is 6.95. The lowest BCUT2D eigenvalue weighted by atomic mass is 9.90. The highest BCUT2D eigenvalue weighted by Crippen LogP contribution is 2.48. The van der Waals surface area contributed by atoms with Gasteiger partial charge in [-0.25, -0.2) is 0 Å². The van der Waals surface area contributed by atoms with Crippen molar-refractivity contribution in [2.45, 2.75) is 0 Å². The van der Waals surface area contributed by atoms with Crippen molar-refractivity contribution in [3.05, 3.63) is 20.1 Å². The number of allylic oxidation sites excluding steroid dienone is 2. The third-order valence-corrected chi connectivity index (χ3v) is 4.12. The Balaban J connectivity index is 2.61. The molecule has 0 N–H and O–H groups in total. The second-order valence-electron chi connectivity index (χ2n) is 3.02. The van der Waals surface area contributed by atoms with Crippen LogP contribution in [0, 0.1) is 11.8 Å². The SMILES string of the molecule is O=C1OC(=O)[C@H]2C(Cl)=C(Cl)C(Cl)=C(Cl)[C@@H]12. The number of carbonyl (C=O) groups excluding carboxylic acids is 2. The maximum atomic E-state index is 11.3. The van der Waals surface area contributed by atoms with Crippen LogP contribution in [0.1, 0.15) is 0 Å². The number of ether oxygens (including phenoxy) is 1. The molecule has 0 spiro atoms. The summed E-state index contributed by atoms with van der Waals surface area (Å²) in [5.74, 6) is -3.42. The maximum Gasteiger partial charge on any atom is 0.323 e. The van der Waals surface area contributed by atoms with Crippen LogP contribution in [-0.2, 0) is 14.3 Å². The van der Waals surface area contributed by atoms with Crippen LogP contribution < -0.4 is 0 Å². The molecule has 2 aliphatic rings. The first-order valence-corrected chi connectivity index (χ1v) is 5.32. The smallest absolute Gasteiger partial charge is 0.323 e. The van der Waals surface area contributed by atoms with Crippen molar-refractivity contribution in [1.29, 1.82) is 0 Å². The number of esters is 2. The van der Waals surface area contributed by atoms with Gasteiger partial charge in [0, 0.05) is 0 Å². The van der Waals surface area contributed by atoms with Gasteiger partial charge in [-0.05, 0) is 0 Å². The Bertz CT molecular complexity index is 397. The quantitative estimate of drug-likeness (QED) is 0.508. The minimum atomic E-state index is -0.957. The van der Waals surface area contributed by atoms with E-state index in [9.17, 15) is 9.59 Å². The zero-order valence-electron chi connectivity index (χ0n) is 6.89. The first-order valence-electron chi connectivity index (χ1n) is 3.81. The van der Waals surface area contributed by atoms with Crippen molar-refractivity contribution in [3.63, 3.8) is 0 Å². The Morgan fingerprint density at radius 2 is 1.13 bits per heavy atom. The Morgan fingerprint density at radius 3 is 1.47 bits per heavy atom. The predicted molar refractivity (Wildman–Crippen MR) is 55.5 cm³/mol. The number of halogens is 4. The normalized spacial score (nSPS) is 30.9. The summed E-state index contributed by atoms with van der Waals surface area (Å²) in [6.07, 6.45) is 0. The van der Waals surface area contributed by atoms with E-state index in [-0.39, 0.29) is 20.1 Å². The van der Waals surface area contributed by atoms with Crippen molar-refractivity contribution in [2.24, 2.45) is 11.8 Å². The van der Waals surface area contributed by atoms with Crippen molar-refractivity contribution >= 4 is 58.3 Å². The predicted octanol–water partition coefficient (Wildman–Crippen LogP) is 2.69. The van der Waals surface area contributed by atoms with E-state index in [1.807, 2.05) is 0 Å². The van der Waals surface area contributed by atoms with Gasteiger partial charge in [0.2, 0.25) is 0 Å². The molecule has 0 radical (unpaired) electrons. The molecule has 1 saturated heterocycles. The van der Waals surface area contributed by atoms with E-state index < -0.39 is 23.8 Å². The van der Waals surface area contributed by atoms with Gasteiger partial charge in [0.1, 0.15) is 11.8 Å². The minimum Gasteiger partial charge on any atom is -0.392 e. The molecule has 7 heteroatoms. The Hall–Kier alpha value is -0.220. The second-order valence-corrected chi connectivity index (χ2v) is 4.59. The molecule has 0 unspecified atom stereocenters. The van der Waals surface area contributed by atoms with Gasteiger partial charge in [0.05, 0.1) is 20.1 Å². The molecule has 0 aromatic rings. The molecule has 3 nitrogen and oxygen atoms in total. The van der Waals surface area contributed by atoms with E-state index >= 15 is 0 Å². The zero-order valence-corrected chi connectivity index (χ0v) is 9.92. The molecular formula is C8H2Cl4O3. The van der Waals surface area contributed by atoms with Crippen LogP contribution in [-0.4, -0.2) is 11.9 Å². The summed E-state index contributed by atoms with van der Waals surface area (Å²) in [5, 5.41) is -0.0497. The van der Waals surface area contributed by atoms with Crippen molar-refractivity contribution in [2.75, 3.05) is 0 Å². The van der Waals surface area contributed by atoms with Gasteiger partial charge >= 0.3 is 11.9 Å². The average molecular weight is 288 g/mol. The highest BCUT2D eigenvalue weighted by atomic mass is 35.5. The summed E-state index contributed by atoms with van der Waals surface area (Å²) in [4.78, 5) is 22.6. The lowest BCUT2D eigenvalue weighted by Gasteiger charge is -2.20. The van der Waals surface area contributed by atoms with Gasteiger partial charge in [-0.15, -0.1) is 0 Å². The monoisotopic (exact) mass is 286 g/mol. The molecule has 0 bridgehead atoms. The van der Waals surface area contributed by atoms with Crippen LogP contribution in [0.15, 0.2) is 20.1 Å². The van der Waals surface area contributed by atoms with Gasteiger partial charge in [-0.1, -0.05) is 46.4 Å². The minimum absolute atomic E-state index is 0.00748. The lowest BCUT2D eigenvalue weighted by molar-refractivity contribution is -0.153. The van der Waals surface area contributed by atoms with E-state index in [2.05, 4.69) is 4.74 Å². The van der Waals surface area contributed by atoms with Crippen LogP contribution in [0.4, 0.5) is 0 Å². The summed E-state index contributed by atoms with van der Waals surface area (Å²) in [7, 11) is 0. The summed E-state index contributed by atoms with van der Waals surface area (Å²) < 4.78 is 4.41. The zero-order chi connectivity index (χ0) is 11.3. The largest absolute Gasteiger partial charge is 0.392 e. The molecular weight excluding hydrogens is 286 g/mol. The summed E-state index contributed by atoms with van der Waals surface area (Å²) in [6.45, 7) is 0. The molecule has 1 aliphatic carbocycles. The highest BCUT2D eigenvalue weighted by molar-refractivity contribution is 6.52. The van der Waals surface area contributed by atoms with Gasteiger partial charge < -0.3 is 4.74 Å². The Kier molecular flexibility index (Phi) is 2.75. The molecule has 80 valence electrons. The topological polar surface area (TPSA) is 43.4 Å². The standard InChI is InChI=1S/C8H2Cl4O3/c9-3-1-2(8(14)15-7(1)13)4(10)6(12)5(3)11/h1-2H/t1-,2+. The molecule has 2 atom stereocenters. The molecule has 1 fully saturated rings. The van der Waals surface area contributed by atoms with Crippen LogP contribution in [0.25, 0.3) is 0 Å². The number of hydrogen-bond acceptors (Lipinski definition) is 3. The van der Waals surface area contributed by atoms with E-state index in [1.54, 1.807) is 0 Å². The van der Waals surface area contributed by atoms with Crippen molar-refractivity contribution in [3.8, 4) is 0 Å². The molecule has 0 saturated carbocycles. The van der Waals surface area contributed by atoms with Crippen molar-refractivity contribution in [1.82, 2.24) is 0 Å². The van der Waals surface area contributed by atoms with E-state index in [4.69, 9.17) is 46.4 Å². The van der Waals surface area contributed by atoms with Gasteiger partial charge in [0.15, 0.2) is 0 Å². The number of fused-ring (bicyclic) bond motifs is 1. The summed E-state index contributed by atoms with van der Waals surface area (Å²) in [6, 6.07) is 0. The molecule has 0 amide bonds. The third kappa shape index (κ3) is 1.49. The van der Waals surface area contributed by atoms with E-state index in [0.29, 0.717) is 0 Å². The molecule has 15 heavy (non-hydrogen) atoms. The van der Waals surface area contributed by atoms with Crippen LogP contribution in [0.3, 0.4) is 0 Å². The molecule has 0 aromatic heterocycles. The number of cyclic esters (lactones) is 2. The number of rotatable bonds is 0. The van der Waals surface area contributed by atoms with Gasteiger partial charge in [-0.2, -0.15) is 0 Å². The summed E-state index contributed by atoms with van der Waals surface area (Å²) >= 11 is 23.1. The van der Waals surface area contributed by atoms with E-state index in [0.717, 1.165) is 0 Å². The van der Waals surface area contributed by atoms with Crippen LogP contribution in [0.2, 0.25) is 0 Å². The highest BCUT2D eigenvalue weighted by Gasteiger charge is 2.51. The Labute approximate surface area is 105 Å². The van der Waals surface area contributed by atoms with Gasteiger partial charge in [0.25, 0.3) is 0 Å². The number of carbonyl (C=O) groups is 2. The summed E-state index contributed by atoms with van der Waals surface area (Å²) in [5.41, 5.74) is 0. The Morgan fingerprint density at radius 1 is 0.800 bits per heavy atom. The molecule has 1 heterocycles. The first kappa shape index (κ1) is 11.3. The molecule has 0 aromatic carbocycles. The average Bonchev–Trinajstić information content (AvgIpc) is 2.47. The second kappa shape index (κ2) is 3.67. The fraction of sp³-hybridized carbons (Fsp3) is 0.250. The van der Waals surface area contributed by atoms with Crippen molar-refractivity contribution < 1.29 is 14.3 Å². The van der Waals surface area contributed by atoms with E-state index in [1.165, 1.54) is 0 Å². The molecule has 2 rings (SSSR count). The lowest BCUT2D eigenvalue weighted by Crippen LogP contribution is -2.23. The van der Waals surface area contributed by atoms with Crippen LogP contribution >= 0.6 is 46.4 Å². The number of hydrogen-bond donors (Lipinski definition) is 0. The fourth-order valence-electron chi connectivity index (χ4n) is 1.48. The fourth-order valence-corrected chi connectivity index (χ4v) is 2.64. The van der Waals surface area contributed by atoms with Gasteiger partial charge in [-0.3, -0.25) is 9.59 Å². The third-order valence-electron chi connectivity index (χ3n) is 2.20. The van der Waals surface area contributed by atoms with Crippen LogP contribution in [0.5, 0.6) is 0 Å². The maximum absolute atomic E-state index is 11.3. The molecule has 1 aliphatic heterocycles.